The van der Waals surface area contributed by atoms with Gasteiger partial charge in [-0.05, 0) is 44.6 Å². The van der Waals surface area contributed by atoms with Gasteiger partial charge in [-0.2, -0.15) is 0 Å². The lowest BCUT2D eigenvalue weighted by Gasteiger charge is -2.14. The molecule has 0 amide bonds. The van der Waals surface area contributed by atoms with Crippen molar-refractivity contribution in [1.29, 1.82) is 0 Å². The van der Waals surface area contributed by atoms with Crippen molar-refractivity contribution in [3.63, 3.8) is 0 Å². The minimum atomic E-state index is 0.962. The molecule has 0 atom stereocenters. The van der Waals surface area contributed by atoms with Gasteiger partial charge in [0, 0.05) is 5.56 Å². The van der Waals surface area contributed by atoms with Gasteiger partial charge in [-0.1, -0.05) is 60.7 Å². The van der Waals surface area contributed by atoms with E-state index < -0.39 is 0 Å². The number of hydrogen-bond donors (Lipinski definition) is 0. The van der Waals surface area contributed by atoms with Crippen LogP contribution in [0.4, 0.5) is 0 Å². The third-order valence-corrected chi connectivity index (χ3v) is 5.22. The maximum absolute atomic E-state index is 5.55. The summed E-state index contributed by atoms with van der Waals surface area (Å²) in [5.41, 5.74) is 1.18. The molecule has 2 heteroatoms. The SMILES string of the molecule is CSC(=S)c1cc2cccc3ccc4cccc1c4c32. The van der Waals surface area contributed by atoms with E-state index in [0.29, 0.717) is 0 Å². The van der Waals surface area contributed by atoms with Crippen LogP contribution in [0.25, 0.3) is 32.3 Å². The third kappa shape index (κ3) is 1.58. The molecular weight excluding hydrogens is 280 g/mol. The molecule has 0 unspecified atom stereocenters. The van der Waals surface area contributed by atoms with E-state index in [1.807, 2.05) is 6.26 Å². The summed E-state index contributed by atoms with van der Waals surface area (Å²) in [4.78, 5) is 0. The second kappa shape index (κ2) is 4.44. The molecule has 0 aromatic heterocycles. The first-order chi connectivity index (χ1) is 9.79. The highest BCUT2D eigenvalue weighted by Crippen LogP contribution is 2.37. The van der Waals surface area contributed by atoms with Crippen molar-refractivity contribution >= 4 is 60.5 Å². The summed E-state index contributed by atoms with van der Waals surface area (Å²) in [5, 5.41) is 7.83. The molecule has 0 heterocycles. The van der Waals surface area contributed by atoms with Crippen molar-refractivity contribution < 1.29 is 0 Å². The molecule has 0 aliphatic rings. The second-order valence-electron chi connectivity index (χ2n) is 4.96. The van der Waals surface area contributed by atoms with Gasteiger partial charge in [0.25, 0.3) is 0 Å². The van der Waals surface area contributed by atoms with Crippen LogP contribution in [0.5, 0.6) is 0 Å². The lowest BCUT2D eigenvalue weighted by Crippen LogP contribution is -1.94. The Labute approximate surface area is 127 Å². The van der Waals surface area contributed by atoms with Crippen LogP contribution in [0.15, 0.2) is 54.6 Å². The average Bonchev–Trinajstić information content (AvgIpc) is 2.51. The van der Waals surface area contributed by atoms with Crippen LogP contribution in [-0.4, -0.2) is 10.5 Å². The molecule has 96 valence electrons. The number of thioether (sulfide) groups is 1. The summed E-state index contributed by atoms with van der Waals surface area (Å²) in [5.74, 6) is 0. The first kappa shape index (κ1) is 12.1. The quantitative estimate of drug-likeness (QED) is 0.330. The number of benzene rings is 4. The molecule has 0 radical (unpaired) electrons. The van der Waals surface area contributed by atoms with E-state index in [1.165, 1.54) is 37.9 Å². The van der Waals surface area contributed by atoms with E-state index in [1.54, 1.807) is 11.8 Å². The molecule has 0 saturated heterocycles. The highest BCUT2D eigenvalue weighted by Gasteiger charge is 2.13. The molecule has 20 heavy (non-hydrogen) atoms. The van der Waals surface area contributed by atoms with Crippen LogP contribution in [0.2, 0.25) is 0 Å². The molecule has 0 aliphatic heterocycles. The normalized spacial score (nSPS) is 11.7. The van der Waals surface area contributed by atoms with Gasteiger partial charge in [0.1, 0.15) is 0 Å². The van der Waals surface area contributed by atoms with Crippen LogP contribution in [0.3, 0.4) is 0 Å². The van der Waals surface area contributed by atoms with Crippen LogP contribution in [0, 0.1) is 0 Å². The third-order valence-electron chi connectivity index (χ3n) is 3.91. The number of rotatable bonds is 1. The van der Waals surface area contributed by atoms with Crippen LogP contribution in [-0.2, 0) is 0 Å². The summed E-state index contributed by atoms with van der Waals surface area (Å²) in [6, 6.07) is 19.6. The summed E-state index contributed by atoms with van der Waals surface area (Å²) in [6.45, 7) is 0. The Kier molecular flexibility index (Phi) is 2.69. The van der Waals surface area contributed by atoms with Gasteiger partial charge < -0.3 is 0 Å². The Hall–Kier alpha value is -1.64. The van der Waals surface area contributed by atoms with Gasteiger partial charge in [-0.3, -0.25) is 0 Å². The Morgan fingerprint density at radius 1 is 0.850 bits per heavy atom. The predicted octanol–water partition coefficient (Wildman–Crippen LogP) is 5.62. The zero-order chi connectivity index (χ0) is 13.7. The topological polar surface area (TPSA) is 0 Å². The van der Waals surface area contributed by atoms with Crippen LogP contribution in [0.1, 0.15) is 5.56 Å². The van der Waals surface area contributed by atoms with E-state index in [0.717, 1.165) is 4.20 Å². The molecule has 0 bridgehead atoms. The summed E-state index contributed by atoms with van der Waals surface area (Å²) >= 11 is 7.19. The highest BCUT2D eigenvalue weighted by atomic mass is 32.2. The van der Waals surface area contributed by atoms with Crippen LogP contribution < -0.4 is 0 Å². The van der Waals surface area contributed by atoms with E-state index >= 15 is 0 Å². The van der Waals surface area contributed by atoms with E-state index in [2.05, 4.69) is 54.6 Å². The maximum Gasteiger partial charge on any atom is 0.0782 e. The molecule has 0 fully saturated rings. The zero-order valence-electron chi connectivity index (χ0n) is 11.0. The van der Waals surface area contributed by atoms with Gasteiger partial charge in [0.2, 0.25) is 0 Å². The van der Waals surface area contributed by atoms with Gasteiger partial charge in [-0.15, -0.1) is 11.8 Å². The van der Waals surface area contributed by atoms with E-state index in [-0.39, 0.29) is 0 Å². The van der Waals surface area contributed by atoms with Crippen molar-refractivity contribution in [2.75, 3.05) is 6.26 Å². The highest BCUT2D eigenvalue weighted by molar-refractivity contribution is 8.23. The summed E-state index contributed by atoms with van der Waals surface area (Å²) in [7, 11) is 0. The lowest BCUT2D eigenvalue weighted by atomic mass is 9.92. The Morgan fingerprint density at radius 2 is 1.50 bits per heavy atom. The number of hydrogen-bond acceptors (Lipinski definition) is 2. The minimum Gasteiger partial charge on any atom is -0.117 e. The fourth-order valence-corrected chi connectivity index (χ4v) is 3.60. The zero-order valence-corrected chi connectivity index (χ0v) is 12.6. The van der Waals surface area contributed by atoms with Crippen molar-refractivity contribution in [2.24, 2.45) is 0 Å². The van der Waals surface area contributed by atoms with E-state index in [4.69, 9.17) is 12.2 Å². The fraction of sp³-hybridized carbons (Fsp3) is 0.0556. The van der Waals surface area contributed by atoms with Gasteiger partial charge >= 0.3 is 0 Å². The standard InChI is InChI=1S/C18H12S2/c1-20-18(19)15-10-13-6-2-4-11-8-9-12-5-3-7-14(15)17(12)16(11)13/h2-10H,1H3. The summed E-state index contributed by atoms with van der Waals surface area (Å²) in [6.07, 6.45) is 2.05. The first-order valence-electron chi connectivity index (χ1n) is 6.54. The largest absolute Gasteiger partial charge is 0.117 e. The van der Waals surface area contributed by atoms with Crippen molar-refractivity contribution in [3.05, 3.63) is 60.2 Å². The molecule has 0 N–H and O–H groups in total. The van der Waals surface area contributed by atoms with Crippen molar-refractivity contribution in [2.45, 2.75) is 0 Å². The van der Waals surface area contributed by atoms with Gasteiger partial charge in [0.05, 0.1) is 4.20 Å². The molecule has 0 aliphatic carbocycles. The summed E-state index contributed by atoms with van der Waals surface area (Å²) < 4.78 is 0.962. The molecule has 0 nitrogen and oxygen atoms in total. The maximum atomic E-state index is 5.55. The minimum absolute atomic E-state index is 0.962. The Balaban J connectivity index is 2.34. The van der Waals surface area contributed by atoms with Gasteiger partial charge in [0.15, 0.2) is 0 Å². The van der Waals surface area contributed by atoms with Crippen molar-refractivity contribution in [1.82, 2.24) is 0 Å². The first-order valence-corrected chi connectivity index (χ1v) is 8.18. The Morgan fingerprint density at radius 3 is 2.25 bits per heavy atom. The van der Waals surface area contributed by atoms with Gasteiger partial charge in [-0.25, -0.2) is 0 Å². The Bertz CT molecular complexity index is 953. The smallest absolute Gasteiger partial charge is 0.0782 e. The fourth-order valence-electron chi connectivity index (χ4n) is 3.04. The second-order valence-corrected chi connectivity index (χ2v) is 6.45. The molecular formula is C18H12S2. The molecule has 4 aromatic rings. The number of thiocarbonyl (C=S) groups is 1. The average molecular weight is 292 g/mol. The molecule has 0 saturated carbocycles. The molecule has 4 rings (SSSR count). The molecule has 4 aromatic carbocycles. The predicted molar refractivity (Wildman–Crippen MR) is 95.4 cm³/mol. The monoisotopic (exact) mass is 292 g/mol. The lowest BCUT2D eigenvalue weighted by molar-refractivity contribution is 1.77. The van der Waals surface area contributed by atoms with Crippen LogP contribution >= 0.6 is 24.0 Å². The van der Waals surface area contributed by atoms with E-state index in [9.17, 15) is 0 Å². The molecule has 0 spiro atoms. The van der Waals surface area contributed by atoms with Crippen molar-refractivity contribution in [3.8, 4) is 0 Å².